The standard InChI is InChI=1S/C34H41F3N4O2/c1-43-31-13-10-26(11-14-31)23-38-33(42)15-12-28-25-39(24-27-6-3-2-4-7-27)17-16-32(28)41-20-18-40(19-21-41)30-9-5-8-29(22-30)34(35,36)37/h2-11,13-14,22,28,32H,12,15-21,23-25H2,1H3,(H,38,42)/t28-,32+/m1/s1. The van der Waals surface area contributed by atoms with Gasteiger partial charge in [-0.05, 0) is 66.8 Å². The van der Waals surface area contributed by atoms with Gasteiger partial charge in [0.2, 0.25) is 5.91 Å². The van der Waals surface area contributed by atoms with Crippen LogP contribution >= 0.6 is 0 Å². The van der Waals surface area contributed by atoms with Gasteiger partial charge in [-0.1, -0.05) is 48.5 Å². The minimum absolute atomic E-state index is 0.0455. The molecule has 230 valence electrons. The minimum atomic E-state index is -4.35. The molecule has 0 unspecified atom stereocenters. The molecule has 2 atom stereocenters. The summed E-state index contributed by atoms with van der Waals surface area (Å²) >= 11 is 0. The zero-order valence-electron chi connectivity index (χ0n) is 24.7. The van der Waals surface area contributed by atoms with E-state index in [0.717, 1.165) is 62.9 Å². The van der Waals surface area contributed by atoms with Crippen LogP contribution in [0.1, 0.15) is 36.0 Å². The molecule has 2 heterocycles. The number of amides is 1. The first-order chi connectivity index (χ1) is 20.8. The quantitative estimate of drug-likeness (QED) is 0.321. The molecule has 3 aromatic rings. The Hall–Kier alpha value is -3.56. The van der Waals surface area contributed by atoms with Crippen LogP contribution in [0.2, 0.25) is 0 Å². The maximum atomic E-state index is 13.3. The van der Waals surface area contributed by atoms with E-state index in [1.54, 1.807) is 13.2 Å². The molecule has 1 amide bonds. The average molecular weight is 595 g/mol. The van der Waals surface area contributed by atoms with Crippen molar-refractivity contribution in [2.75, 3.05) is 51.3 Å². The first-order valence-electron chi connectivity index (χ1n) is 15.1. The van der Waals surface area contributed by atoms with Crippen molar-refractivity contribution in [1.82, 2.24) is 15.1 Å². The van der Waals surface area contributed by atoms with Crippen LogP contribution in [-0.2, 0) is 24.1 Å². The summed E-state index contributed by atoms with van der Waals surface area (Å²) in [5, 5.41) is 3.07. The molecule has 0 aliphatic carbocycles. The Labute approximate surface area is 252 Å². The van der Waals surface area contributed by atoms with Gasteiger partial charge in [-0.25, -0.2) is 0 Å². The number of alkyl halides is 3. The number of methoxy groups -OCH3 is 1. The predicted molar refractivity (Wildman–Crippen MR) is 163 cm³/mol. The summed E-state index contributed by atoms with van der Waals surface area (Å²) in [6.45, 7) is 6.21. The maximum Gasteiger partial charge on any atom is 0.416 e. The van der Waals surface area contributed by atoms with Gasteiger partial charge >= 0.3 is 6.18 Å². The van der Waals surface area contributed by atoms with Crippen LogP contribution in [0.4, 0.5) is 18.9 Å². The number of rotatable bonds is 10. The first-order valence-corrected chi connectivity index (χ1v) is 15.1. The Kier molecular flexibility index (Phi) is 10.3. The van der Waals surface area contributed by atoms with Crippen molar-refractivity contribution in [3.05, 3.63) is 95.6 Å². The number of hydrogen-bond donors (Lipinski definition) is 1. The number of carbonyl (C=O) groups is 1. The Morgan fingerprint density at radius 1 is 0.907 bits per heavy atom. The summed E-state index contributed by atoms with van der Waals surface area (Å²) in [7, 11) is 1.63. The van der Waals surface area contributed by atoms with Gasteiger partial charge in [0.25, 0.3) is 0 Å². The summed E-state index contributed by atoms with van der Waals surface area (Å²) in [6.07, 6.45) is -2.09. The number of ether oxygens (including phenoxy) is 1. The zero-order valence-corrected chi connectivity index (χ0v) is 24.7. The van der Waals surface area contributed by atoms with Gasteiger partial charge in [-0.15, -0.1) is 0 Å². The summed E-state index contributed by atoms with van der Waals surface area (Å²) in [5.41, 5.74) is 2.32. The van der Waals surface area contributed by atoms with Crippen LogP contribution in [0.5, 0.6) is 5.75 Å². The van der Waals surface area contributed by atoms with E-state index in [9.17, 15) is 18.0 Å². The number of piperazine rings is 1. The highest BCUT2D eigenvalue weighted by Crippen LogP contribution is 2.33. The normalized spacial score (nSPS) is 20.1. The first kappa shape index (κ1) is 30.9. The van der Waals surface area contributed by atoms with Crippen molar-refractivity contribution in [1.29, 1.82) is 0 Å². The minimum Gasteiger partial charge on any atom is -0.497 e. The smallest absolute Gasteiger partial charge is 0.416 e. The summed E-state index contributed by atoms with van der Waals surface area (Å²) < 4.78 is 45.1. The maximum absolute atomic E-state index is 13.3. The number of carbonyl (C=O) groups excluding carboxylic acids is 1. The van der Waals surface area contributed by atoms with Gasteiger partial charge in [0.15, 0.2) is 0 Å². The third kappa shape index (κ3) is 8.51. The van der Waals surface area contributed by atoms with Crippen LogP contribution in [0, 0.1) is 5.92 Å². The van der Waals surface area contributed by atoms with Crippen molar-refractivity contribution in [2.45, 2.75) is 44.6 Å². The van der Waals surface area contributed by atoms with E-state index >= 15 is 0 Å². The van der Waals surface area contributed by atoms with Crippen molar-refractivity contribution in [2.24, 2.45) is 5.92 Å². The van der Waals surface area contributed by atoms with Crippen molar-refractivity contribution < 1.29 is 22.7 Å². The highest BCUT2D eigenvalue weighted by atomic mass is 19.4. The van der Waals surface area contributed by atoms with Crippen molar-refractivity contribution in [3.63, 3.8) is 0 Å². The second kappa shape index (κ2) is 14.3. The molecular weight excluding hydrogens is 553 g/mol. The van der Waals surface area contributed by atoms with E-state index in [1.807, 2.05) is 30.3 Å². The van der Waals surface area contributed by atoms with E-state index < -0.39 is 11.7 Å². The largest absolute Gasteiger partial charge is 0.497 e. The fourth-order valence-electron chi connectivity index (χ4n) is 6.38. The molecule has 0 spiro atoms. The molecule has 0 bridgehead atoms. The predicted octanol–water partition coefficient (Wildman–Crippen LogP) is 5.82. The molecule has 3 aromatic carbocycles. The molecule has 6 nitrogen and oxygen atoms in total. The molecular formula is C34H41F3N4O2. The van der Waals surface area contributed by atoms with Gasteiger partial charge in [0.1, 0.15) is 5.75 Å². The van der Waals surface area contributed by atoms with Crippen LogP contribution < -0.4 is 15.0 Å². The van der Waals surface area contributed by atoms with E-state index in [-0.39, 0.29) is 5.91 Å². The van der Waals surface area contributed by atoms with Crippen LogP contribution in [0.3, 0.4) is 0 Å². The Bertz CT molecular complexity index is 1310. The molecule has 2 saturated heterocycles. The number of anilines is 1. The number of nitrogens with zero attached hydrogens (tertiary/aromatic N) is 3. The van der Waals surface area contributed by atoms with Gasteiger partial charge in [-0.2, -0.15) is 13.2 Å². The van der Waals surface area contributed by atoms with Crippen LogP contribution in [-0.4, -0.2) is 68.1 Å². The Morgan fingerprint density at radius 2 is 1.65 bits per heavy atom. The van der Waals surface area contributed by atoms with Gasteiger partial charge in [-0.3, -0.25) is 14.6 Å². The molecule has 0 saturated carbocycles. The fourth-order valence-corrected chi connectivity index (χ4v) is 6.38. The summed E-state index contributed by atoms with van der Waals surface area (Å²) in [4.78, 5) is 19.9. The zero-order chi connectivity index (χ0) is 30.2. The summed E-state index contributed by atoms with van der Waals surface area (Å²) in [5.74, 6) is 1.16. The number of hydrogen-bond acceptors (Lipinski definition) is 5. The van der Waals surface area contributed by atoms with Crippen molar-refractivity contribution in [3.8, 4) is 5.75 Å². The van der Waals surface area contributed by atoms with Gasteiger partial charge in [0, 0.05) is 64.0 Å². The number of likely N-dealkylation sites (tertiary alicyclic amines) is 1. The highest BCUT2D eigenvalue weighted by Gasteiger charge is 2.35. The topological polar surface area (TPSA) is 48.1 Å². The van der Waals surface area contributed by atoms with E-state index in [1.165, 1.54) is 17.7 Å². The molecule has 5 rings (SSSR count). The van der Waals surface area contributed by atoms with E-state index in [2.05, 4.69) is 44.3 Å². The Balaban J connectivity index is 1.19. The fraction of sp³-hybridized carbons (Fsp3) is 0.441. The highest BCUT2D eigenvalue weighted by molar-refractivity contribution is 5.75. The molecule has 2 aliphatic heterocycles. The second-order valence-electron chi connectivity index (χ2n) is 11.6. The van der Waals surface area contributed by atoms with Crippen molar-refractivity contribution >= 4 is 11.6 Å². The lowest BCUT2D eigenvalue weighted by Gasteiger charge is -2.47. The number of halogens is 3. The molecule has 0 aromatic heterocycles. The lowest BCUT2D eigenvalue weighted by molar-refractivity contribution is -0.137. The monoisotopic (exact) mass is 594 g/mol. The van der Waals surface area contributed by atoms with Crippen LogP contribution in [0.15, 0.2) is 78.9 Å². The SMILES string of the molecule is COc1ccc(CNC(=O)CC[C@@H]2CN(Cc3ccccc3)CC[C@@H]2N2CCN(c3cccc(C(F)(F)F)c3)CC2)cc1. The molecule has 2 aliphatic rings. The van der Waals surface area contributed by atoms with E-state index in [0.29, 0.717) is 43.7 Å². The molecule has 1 N–H and O–H groups in total. The molecule has 2 fully saturated rings. The number of nitrogens with one attached hydrogen (secondary N) is 1. The van der Waals surface area contributed by atoms with E-state index in [4.69, 9.17) is 4.74 Å². The van der Waals surface area contributed by atoms with Crippen LogP contribution in [0.25, 0.3) is 0 Å². The second-order valence-corrected chi connectivity index (χ2v) is 11.6. The Morgan fingerprint density at radius 3 is 2.35 bits per heavy atom. The molecule has 0 radical (unpaired) electrons. The number of piperidine rings is 1. The lowest BCUT2D eigenvalue weighted by atomic mass is 9.86. The van der Waals surface area contributed by atoms with Gasteiger partial charge < -0.3 is 15.0 Å². The average Bonchev–Trinajstić information content (AvgIpc) is 3.03. The summed E-state index contributed by atoms with van der Waals surface area (Å²) in [6, 6.07) is 24.1. The van der Waals surface area contributed by atoms with Gasteiger partial charge in [0.05, 0.1) is 12.7 Å². The third-order valence-electron chi connectivity index (χ3n) is 8.74. The third-order valence-corrected chi connectivity index (χ3v) is 8.74. The molecule has 9 heteroatoms. The lowest BCUT2D eigenvalue weighted by Crippen LogP contribution is -2.56. The number of benzene rings is 3. The molecule has 43 heavy (non-hydrogen) atoms.